The summed E-state index contributed by atoms with van der Waals surface area (Å²) in [5.74, 6) is -0.202. The van der Waals surface area contributed by atoms with Crippen molar-refractivity contribution < 1.29 is 9.21 Å². The zero-order chi connectivity index (χ0) is 20.7. The summed E-state index contributed by atoms with van der Waals surface area (Å²) >= 11 is 2.74. The molecular formula is C21H16N4O3S2. The van der Waals surface area contributed by atoms with E-state index in [1.807, 2.05) is 12.1 Å². The van der Waals surface area contributed by atoms with E-state index in [0.717, 1.165) is 47.8 Å². The van der Waals surface area contributed by atoms with Gasteiger partial charge in [-0.3, -0.25) is 9.59 Å². The van der Waals surface area contributed by atoms with E-state index >= 15 is 0 Å². The fourth-order valence-corrected chi connectivity index (χ4v) is 5.75. The fraction of sp³-hybridized carbons (Fsp3) is 0.238. The van der Waals surface area contributed by atoms with Crippen molar-refractivity contribution >= 4 is 55.9 Å². The zero-order valence-corrected chi connectivity index (χ0v) is 17.4. The number of rotatable bonds is 4. The van der Waals surface area contributed by atoms with Crippen LogP contribution in [-0.4, -0.2) is 21.6 Å². The molecule has 0 atom stereocenters. The number of amides is 1. The molecule has 4 aromatic rings. The van der Waals surface area contributed by atoms with Gasteiger partial charge in [-0.25, -0.2) is 4.98 Å². The number of nitrogens with one attached hydrogen (secondary N) is 2. The smallest absolute Gasteiger partial charge is 0.260 e. The molecule has 3 heterocycles. The van der Waals surface area contributed by atoms with Crippen LogP contribution in [0.15, 0.2) is 38.6 Å². The first-order valence-corrected chi connectivity index (χ1v) is 11.3. The van der Waals surface area contributed by atoms with Gasteiger partial charge in [-0.05, 0) is 43.4 Å². The second kappa shape index (κ2) is 7.63. The van der Waals surface area contributed by atoms with Gasteiger partial charge in [0.05, 0.1) is 11.1 Å². The minimum atomic E-state index is -0.309. The molecule has 7 nitrogen and oxygen atoms in total. The number of H-pyrrole nitrogens is 1. The molecule has 5 rings (SSSR count). The minimum Gasteiger partial charge on any atom is -0.443 e. The van der Waals surface area contributed by atoms with Crippen LogP contribution in [0.2, 0.25) is 0 Å². The lowest BCUT2D eigenvalue weighted by Gasteiger charge is -2.09. The number of aromatic amines is 1. The summed E-state index contributed by atoms with van der Waals surface area (Å²) in [6, 6.07) is 9.11. The van der Waals surface area contributed by atoms with Crippen molar-refractivity contribution in [3.63, 3.8) is 0 Å². The van der Waals surface area contributed by atoms with Gasteiger partial charge < -0.3 is 14.7 Å². The third kappa shape index (κ3) is 3.28. The SMILES string of the molecule is N#Cc1oc2ccccc2c1NC(=O)CSc1nc2sc3c(c2c(=O)[nH]1)CCCC3. The van der Waals surface area contributed by atoms with Crippen LogP contribution in [0.4, 0.5) is 5.69 Å². The molecule has 9 heteroatoms. The Hall–Kier alpha value is -3.09. The highest BCUT2D eigenvalue weighted by molar-refractivity contribution is 7.99. The molecule has 0 saturated carbocycles. The fourth-order valence-electron chi connectivity index (χ4n) is 3.77. The number of carbonyl (C=O) groups is 1. The number of aromatic nitrogens is 2. The van der Waals surface area contributed by atoms with Crippen LogP contribution in [0.25, 0.3) is 21.2 Å². The Labute approximate surface area is 179 Å². The van der Waals surface area contributed by atoms with Crippen LogP contribution in [-0.2, 0) is 17.6 Å². The van der Waals surface area contributed by atoms with E-state index < -0.39 is 0 Å². The van der Waals surface area contributed by atoms with Gasteiger partial charge >= 0.3 is 0 Å². The Kier molecular flexibility index (Phi) is 4.81. The van der Waals surface area contributed by atoms with Crippen molar-refractivity contribution in [3.8, 4) is 6.07 Å². The Balaban J connectivity index is 1.35. The normalized spacial score (nSPS) is 13.3. The molecule has 0 spiro atoms. The van der Waals surface area contributed by atoms with Crippen molar-refractivity contribution in [2.24, 2.45) is 0 Å². The summed E-state index contributed by atoms with van der Waals surface area (Å²) in [4.78, 5) is 34.5. The molecule has 1 aromatic carbocycles. The maximum atomic E-state index is 12.6. The first-order chi connectivity index (χ1) is 14.6. The first kappa shape index (κ1) is 18.9. The second-order valence-electron chi connectivity index (χ2n) is 7.01. The highest BCUT2D eigenvalue weighted by atomic mass is 32.2. The molecule has 1 amide bonds. The lowest BCUT2D eigenvalue weighted by molar-refractivity contribution is -0.113. The van der Waals surface area contributed by atoms with E-state index in [4.69, 9.17) is 4.42 Å². The van der Waals surface area contributed by atoms with E-state index in [9.17, 15) is 14.9 Å². The van der Waals surface area contributed by atoms with E-state index in [2.05, 4.69) is 15.3 Å². The van der Waals surface area contributed by atoms with Gasteiger partial charge in [0.2, 0.25) is 11.7 Å². The number of hydrogen-bond donors (Lipinski definition) is 2. The summed E-state index contributed by atoms with van der Waals surface area (Å²) in [6.45, 7) is 0. The lowest BCUT2D eigenvalue weighted by Crippen LogP contribution is -2.16. The van der Waals surface area contributed by atoms with Gasteiger partial charge in [0.15, 0.2) is 5.16 Å². The van der Waals surface area contributed by atoms with Gasteiger partial charge in [-0.2, -0.15) is 5.26 Å². The molecular weight excluding hydrogens is 420 g/mol. The number of thioether (sulfide) groups is 1. The molecule has 1 aliphatic rings. The predicted octanol–water partition coefficient (Wildman–Crippen LogP) is 4.21. The van der Waals surface area contributed by atoms with Crippen LogP contribution in [0.5, 0.6) is 0 Å². The molecule has 2 N–H and O–H groups in total. The number of fused-ring (bicyclic) bond motifs is 4. The van der Waals surface area contributed by atoms with E-state index in [-0.39, 0.29) is 23.0 Å². The summed E-state index contributed by atoms with van der Waals surface area (Å²) in [6.07, 6.45) is 4.17. The lowest BCUT2D eigenvalue weighted by atomic mass is 9.97. The zero-order valence-electron chi connectivity index (χ0n) is 15.8. The van der Waals surface area contributed by atoms with Crippen molar-refractivity contribution in [2.45, 2.75) is 30.8 Å². The number of benzene rings is 1. The van der Waals surface area contributed by atoms with Crippen molar-refractivity contribution in [2.75, 3.05) is 11.1 Å². The third-order valence-corrected chi connectivity index (χ3v) is 7.16. The topological polar surface area (TPSA) is 112 Å². The van der Waals surface area contributed by atoms with E-state index in [0.29, 0.717) is 27.2 Å². The Morgan fingerprint density at radius 1 is 1.33 bits per heavy atom. The number of thiophene rings is 1. The van der Waals surface area contributed by atoms with Gasteiger partial charge in [0.1, 0.15) is 22.2 Å². The first-order valence-electron chi connectivity index (χ1n) is 9.53. The number of nitrogens with zero attached hydrogens (tertiary/aromatic N) is 2. The molecule has 0 fully saturated rings. The van der Waals surface area contributed by atoms with Crippen LogP contribution in [0.3, 0.4) is 0 Å². The molecule has 0 unspecified atom stereocenters. The number of carbonyl (C=O) groups excluding carboxylic acids is 1. The number of hydrogen-bond acceptors (Lipinski definition) is 7. The number of aryl methyl sites for hydroxylation is 2. The molecule has 0 aliphatic heterocycles. The molecule has 1 aliphatic carbocycles. The number of anilines is 1. The Bertz CT molecular complexity index is 1390. The van der Waals surface area contributed by atoms with Crippen LogP contribution >= 0.6 is 23.1 Å². The number of nitriles is 1. The predicted molar refractivity (Wildman–Crippen MR) is 117 cm³/mol. The molecule has 0 bridgehead atoms. The average Bonchev–Trinajstić information content (AvgIpc) is 3.30. The van der Waals surface area contributed by atoms with Gasteiger partial charge in [-0.1, -0.05) is 23.9 Å². The summed E-state index contributed by atoms with van der Waals surface area (Å²) in [7, 11) is 0. The highest BCUT2D eigenvalue weighted by Gasteiger charge is 2.20. The summed E-state index contributed by atoms with van der Waals surface area (Å²) in [5, 5.41) is 13.8. The minimum absolute atomic E-state index is 0.0455. The maximum absolute atomic E-state index is 12.6. The highest BCUT2D eigenvalue weighted by Crippen LogP contribution is 2.34. The largest absolute Gasteiger partial charge is 0.443 e. The summed E-state index contributed by atoms with van der Waals surface area (Å²) in [5.41, 5.74) is 1.90. The molecule has 30 heavy (non-hydrogen) atoms. The Morgan fingerprint density at radius 3 is 3.03 bits per heavy atom. The Morgan fingerprint density at radius 2 is 2.17 bits per heavy atom. The molecule has 150 valence electrons. The number of furan rings is 1. The monoisotopic (exact) mass is 436 g/mol. The van der Waals surface area contributed by atoms with Crippen LogP contribution in [0, 0.1) is 11.3 Å². The van der Waals surface area contributed by atoms with Crippen molar-refractivity contribution in [1.82, 2.24) is 9.97 Å². The second-order valence-corrected chi connectivity index (χ2v) is 9.06. The van der Waals surface area contributed by atoms with Crippen LogP contribution in [0.1, 0.15) is 29.0 Å². The molecule has 3 aromatic heterocycles. The maximum Gasteiger partial charge on any atom is 0.260 e. The van der Waals surface area contributed by atoms with E-state index in [1.165, 1.54) is 4.88 Å². The van der Waals surface area contributed by atoms with Gasteiger partial charge in [-0.15, -0.1) is 11.3 Å². The van der Waals surface area contributed by atoms with Gasteiger partial charge in [0.25, 0.3) is 5.56 Å². The van der Waals surface area contributed by atoms with Crippen molar-refractivity contribution in [1.29, 1.82) is 5.26 Å². The quantitative estimate of drug-likeness (QED) is 0.366. The average molecular weight is 437 g/mol. The van der Waals surface area contributed by atoms with Gasteiger partial charge in [0, 0.05) is 10.3 Å². The molecule has 0 radical (unpaired) electrons. The van der Waals surface area contributed by atoms with Crippen LogP contribution < -0.4 is 10.9 Å². The molecule has 0 saturated heterocycles. The van der Waals surface area contributed by atoms with Crippen molar-refractivity contribution in [3.05, 3.63) is 50.8 Å². The standard InChI is InChI=1S/C21H16N4O3S2/c22-9-14-18(11-5-1-3-7-13(11)28-14)23-16(26)10-29-21-24-19(27)17-12-6-2-4-8-15(12)30-20(17)25-21/h1,3,5,7H,2,4,6,8,10H2,(H,23,26)(H,24,25,27). The summed E-state index contributed by atoms with van der Waals surface area (Å²) < 4.78 is 5.47. The number of para-hydroxylation sites is 1. The third-order valence-electron chi connectivity index (χ3n) is 5.10. The van der Waals surface area contributed by atoms with E-state index in [1.54, 1.807) is 29.5 Å².